The molecule has 1 aliphatic heterocycles. The molecule has 0 aromatic rings. The summed E-state index contributed by atoms with van der Waals surface area (Å²) in [5.41, 5.74) is -1.09. The highest BCUT2D eigenvalue weighted by molar-refractivity contribution is 5.72. The lowest BCUT2D eigenvalue weighted by Crippen LogP contribution is -2.70. The van der Waals surface area contributed by atoms with E-state index in [0.29, 0.717) is 6.54 Å². The van der Waals surface area contributed by atoms with Gasteiger partial charge in [0.15, 0.2) is 0 Å². The molecule has 1 atom stereocenters. The number of esters is 1. The molecule has 2 rings (SSSR count). The molecular formula is C17H29NO5. The first kappa shape index (κ1) is 18.0. The normalized spacial score (nSPS) is 23.0. The maximum atomic E-state index is 12.3. The number of carbonyl (C=O) groups is 2. The van der Waals surface area contributed by atoms with Gasteiger partial charge in [-0.2, -0.15) is 0 Å². The third-order valence-electron chi connectivity index (χ3n) is 4.05. The minimum Gasteiger partial charge on any atom is -0.458 e. The number of hydrogen-bond acceptors (Lipinski definition) is 5. The zero-order chi connectivity index (χ0) is 17.5. The van der Waals surface area contributed by atoms with E-state index in [-0.39, 0.29) is 18.1 Å². The van der Waals surface area contributed by atoms with Crippen molar-refractivity contribution in [3.05, 3.63) is 0 Å². The molecule has 0 aromatic heterocycles. The van der Waals surface area contributed by atoms with Crippen molar-refractivity contribution < 1.29 is 23.8 Å². The standard InChI is InChI=1S/C17H29NO5/c1-15(2,3)22-12(19)10-21-13-17(8-7-9-17)11-18(13)14(20)23-16(4,5)6/h13H,7-11H2,1-6H3. The first-order valence-corrected chi connectivity index (χ1v) is 8.25. The molecule has 1 unspecified atom stereocenters. The van der Waals surface area contributed by atoms with Gasteiger partial charge in [0.25, 0.3) is 0 Å². The lowest BCUT2D eigenvalue weighted by atomic mass is 9.62. The van der Waals surface area contributed by atoms with Crippen LogP contribution in [-0.2, 0) is 19.0 Å². The van der Waals surface area contributed by atoms with E-state index in [0.717, 1.165) is 19.3 Å². The highest BCUT2D eigenvalue weighted by Gasteiger charge is 2.59. The van der Waals surface area contributed by atoms with Crippen molar-refractivity contribution in [2.75, 3.05) is 13.2 Å². The highest BCUT2D eigenvalue weighted by Crippen LogP contribution is 2.53. The van der Waals surface area contributed by atoms with Crippen LogP contribution in [0.2, 0.25) is 0 Å². The molecule has 23 heavy (non-hydrogen) atoms. The molecule has 6 nitrogen and oxygen atoms in total. The topological polar surface area (TPSA) is 65.1 Å². The Morgan fingerprint density at radius 3 is 2.04 bits per heavy atom. The van der Waals surface area contributed by atoms with Gasteiger partial charge in [-0.15, -0.1) is 0 Å². The van der Waals surface area contributed by atoms with Crippen LogP contribution in [0, 0.1) is 5.41 Å². The Hall–Kier alpha value is -1.30. The van der Waals surface area contributed by atoms with Crippen molar-refractivity contribution in [3.8, 4) is 0 Å². The van der Waals surface area contributed by atoms with Crippen LogP contribution in [0.3, 0.4) is 0 Å². The summed E-state index contributed by atoms with van der Waals surface area (Å²) in [6.45, 7) is 11.4. The Balaban J connectivity index is 1.92. The monoisotopic (exact) mass is 327 g/mol. The molecule has 1 spiro atoms. The van der Waals surface area contributed by atoms with Crippen LogP contribution >= 0.6 is 0 Å². The molecule has 1 amide bonds. The predicted octanol–water partition coefficient (Wildman–Crippen LogP) is 3.09. The van der Waals surface area contributed by atoms with E-state index in [9.17, 15) is 9.59 Å². The molecule has 0 bridgehead atoms. The lowest BCUT2D eigenvalue weighted by Gasteiger charge is -2.60. The number of hydrogen-bond donors (Lipinski definition) is 0. The van der Waals surface area contributed by atoms with E-state index in [2.05, 4.69) is 0 Å². The number of carbonyl (C=O) groups excluding carboxylic acids is 2. The molecule has 1 heterocycles. The molecule has 1 saturated carbocycles. The number of amides is 1. The Bertz CT molecular complexity index is 470. The average molecular weight is 327 g/mol. The summed E-state index contributed by atoms with van der Waals surface area (Å²) in [6, 6.07) is 0. The van der Waals surface area contributed by atoms with E-state index < -0.39 is 23.4 Å². The molecule has 0 radical (unpaired) electrons. The first-order chi connectivity index (χ1) is 10.4. The largest absolute Gasteiger partial charge is 0.458 e. The second kappa shape index (κ2) is 5.96. The van der Waals surface area contributed by atoms with E-state index in [4.69, 9.17) is 14.2 Å². The Labute approximate surface area is 138 Å². The van der Waals surface area contributed by atoms with E-state index in [1.54, 1.807) is 4.90 Å². The van der Waals surface area contributed by atoms with Gasteiger partial charge >= 0.3 is 12.1 Å². The number of rotatable bonds is 3. The van der Waals surface area contributed by atoms with Crippen molar-refractivity contribution >= 4 is 12.1 Å². The molecule has 2 aliphatic rings. The minimum atomic E-state index is -0.546. The fraction of sp³-hybridized carbons (Fsp3) is 0.882. The second-order valence-electron chi connectivity index (χ2n) is 8.57. The minimum absolute atomic E-state index is 0.00107. The van der Waals surface area contributed by atoms with Crippen molar-refractivity contribution in [1.29, 1.82) is 0 Å². The summed E-state index contributed by atoms with van der Waals surface area (Å²) in [6.07, 6.45) is 2.40. The van der Waals surface area contributed by atoms with Crippen molar-refractivity contribution in [2.45, 2.75) is 78.2 Å². The molecule has 0 N–H and O–H groups in total. The summed E-state index contributed by atoms with van der Waals surface area (Å²) in [7, 11) is 0. The first-order valence-electron chi connectivity index (χ1n) is 8.25. The van der Waals surface area contributed by atoms with Gasteiger partial charge in [-0.1, -0.05) is 6.42 Å². The SMILES string of the molecule is CC(C)(C)OC(=O)COC1N(C(=O)OC(C)(C)C)CC12CCC2. The average Bonchev–Trinajstić information content (AvgIpc) is 2.20. The number of ether oxygens (including phenoxy) is 3. The summed E-state index contributed by atoms with van der Waals surface area (Å²) < 4.78 is 16.4. The van der Waals surface area contributed by atoms with E-state index in [1.807, 2.05) is 41.5 Å². The van der Waals surface area contributed by atoms with Gasteiger partial charge < -0.3 is 14.2 Å². The number of nitrogens with zero attached hydrogens (tertiary/aromatic N) is 1. The molecule has 2 fully saturated rings. The van der Waals surface area contributed by atoms with Crippen LogP contribution in [0.1, 0.15) is 60.8 Å². The van der Waals surface area contributed by atoms with Crippen LogP contribution in [0.25, 0.3) is 0 Å². The third-order valence-corrected chi connectivity index (χ3v) is 4.05. The van der Waals surface area contributed by atoms with Gasteiger partial charge in [0, 0.05) is 12.0 Å². The van der Waals surface area contributed by atoms with Crippen LogP contribution in [0.4, 0.5) is 4.79 Å². The predicted molar refractivity (Wildman–Crippen MR) is 84.8 cm³/mol. The summed E-state index contributed by atoms with van der Waals surface area (Å²) in [5.74, 6) is -0.414. The molecule has 1 saturated heterocycles. The fourth-order valence-corrected chi connectivity index (χ4v) is 3.02. The molecule has 0 aromatic carbocycles. The fourth-order valence-electron chi connectivity index (χ4n) is 3.02. The summed E-state index contributed by atoms with van der Waals surface area (Å²) >= 11 is 0. The van der Waals surface area contributed by atoms with Crippen LogP contribution < -0.4 is 0 Å². The Kier molecular flexibility index (Phi) is 4.68. The Morgan fingerprint density at radius 1 is 1.04 bits per heavy atom. The summed E-state index contributed by atoms with van der Waals surface area (Å²) in [5, 5.41) is 0. The third kappa shape index (κ3) is 4.37. The van der Waals surface area contributed by atoms with Gasteiger partial charge in [-0.25, -0.2) is 9.59 Å². The maximum Gasteiger partial charge on any atom is 0.412 e. The quantitative estimate of drug-likeness (QED) is 0.745. The van der Waals surface area contributed by atoms with Crippen LogP contribution in [0.15, 0.2) is 0 Å². The van der Waals surface area contributed by atoms with E-state index in [1.165, 1.54) is 0 Å². The van der Waals surface area contributed by atoms with Gasteiger partial charge in [0.05, 0.1) is 0 Å². The second-order valence-corrected chi connectivity index (χ2v) is 8.57. The van der Waals surface area contributed by atoms with Gasteiger partial charge in [0.2, 0.25) is 0 Å². The highest BCUT2D eigenvalue weighted by atomic mass is 16.6. The smallest absolute Gasteiger partial charge is 0.412 e. The molecule has 1 aliphatic carbocycles. The zero-order valence-electron chi connectivity index (χ0n) is 15.1. The lowest BCUT2D eigenvalue weighted by molar-refractivity contribution is -0.241. The van der Waals surface area contributed by atoms with Gasteiger partial charge in [0.1, 0.15) is 24.0 Å². The van der Waals surface area contributed by atoms with Crippen LogP contribution in [0.5, 0.6) is 0 Å². The molecule has 6 heteroatoms. The van der Waals surface area contributed by atoms with Gasteiger partial charge in [-0.05, 0) is 54.4 Å². The van der Waals surface area contributed by atoms with Crippen molar-refractivity contribution in [1.82, 2.24) is 4.90 Å². The Morgan fingerprint density at radius 2 is 1.61 bits per heavy atom. The zero-order valence-corrected chi connectivity index (χ0v) is 15.1. The van der Waals surface area contributed by atoms with Gasteiger partial charge in [-0.3, -0.25) is 4.90 Å². The van der Waals surface area contributed by atoms with Crippen LogP contribution in [-0.4, -0.2) is 47.5 Å². The van der Waals surface area contributed by atoms with E-state index >= 15 is 0 Å². The number of likely N-dealkylation sites (tertiary alicyclic amines) is 1. The molecule has 132 valence electrons. The summed E-state index contributed by atoms with van der Waals surface area (Å²) in [4.78, 5) is 25.7. The van der Waals surface area contributed by atoms with Crippen molar-refractivity contribution in [3.63, 3.8) is 0 Å². The molecular weight excluding hydrogens is 298 g/mol. The maximum absolute atomic E-state index is 12.3. The van der Waals surface area contributed by atoms with Crippen molar-refractivity contribution in [2.24, 2.45) is 5.41 Å².